The van der Waals surface area contributed by atoms with Gasteiger partial charge in [-0.05, 0) is 0 Å². The lowest BCUT2D eigenvalue weighted by Crippen LogP contribution is -2.27. The molecule has 1 unspecified atom stereocenters. The summed E-state index contributed by atoms with van der Waals surface area (Å²) in [4.78, 5) is 10.6. The lowest BCUT2D eigenvalue weighted by atomic mass is 10.3. The Morgan fingerprint density at radius 2 is 2.70 bits per heavy atom. The molecule has 0 radical (unpaired) electrons. The zero-order chi connectivity index (χ0) is 7.40. The van der Waals surface area contributed by atoms with E-state index >= 15 is 0 Å². The second kappa shape index (κ2) is 3.37. The molecule has 3 heteroatoms. The monoisotopic (exact) mass is 141 g/mol. The predicted octanol–water partition coefficient (Wildman–Crippen LogP) is 0.425. The Hall–Kier alpha value is -0.830. The Morgan fingerprint density at radius 3 is 3.20 bits per heavy atom. The minimum absolute atomic E-state index is 0.0778. The molecule has 1 atom stereocenters. The summed E-state index contributed by atoms with van der Waals surface area (Å²) in [6.45, 7) is 4.01. The largest absolute Gasteiger partial charge is 0.354 e. The second-order valence-electron chi connectivity index (χ2n) is 2.22. The van der Waals surface area contributed by atoms with E-state index in [1.807, 2.05) is 0 Å². The molecule has 1 aliphatic heterocycles. The molecular weight excluding hydrogens is 130 g/mol. The third kappa shape index (κ3) is 1.84. The van der Waals surface area contributed by atoms with Crippen molar-refractivity contribution in [1.82, 2.24) is 5.32 Å². The number of carbonyl (C=O) groups excluding carboxylic acids is 1. The topological polar surface area (TPSA) is 38.3 Å². The molecule has 1 heterocycles. The van der Waals surface area contributed by atoms with Crippen LogP contribution in [-0.4, -0.2) is 18.7 Å². The van der Waals surface area contributed by atoms with Gasteiger partial charge in [-0.15, -0.1) is 6.58 Å². The van der Waals surface area contributed by atoms with Crippen LogP contribution in [0, 0.1) is 0 Å². The van der Waals surface area contributed by atoms with Gasteiger partial charge in [-0.3, -0.25) is 4.79 Å². The molecule has 0 spiro atoms. The Morgan fingerprint density at radius 1 is 1.90 bits per heavy atom. The predicted molar refractivity (Wildman–Crippen MR) is 37.3 cm³/mol. The highest BCUT2D eigenvalue weighted by molar-refractivity contribution is 5.78. The third-order valence-electron chi connectivity index (χ3n) is 1.37. The highest BCUT2D eigenvalue weighted by Crippen LogP contribution is 2.06. The molecule has 10 heavy (non-hydrogen) atoms. The van der Waals surface area contributed by atoms with Crippen LogP contribution in [0.5, 0.6) is 0 Å². The van der Waals surface area contributed by atoms with E-state index in [2.05, 4.69) is 11.9 Å². The van der Waals surface area contributed by atoms with Gasteiger partial charge in [-0.1, -0.05) is 6.08 Å². The van der Waals surface area contributed by atoms with Gasteiger partial charge in [-0.2, -0.15) is 0 Å². The van der Waals surface area contributed by atoms with Gasteiger partial charge in [0, 0.05) is 12.8 Å². The van der Waals surface area contributed by atoms with Gasteiger partial charge in [0.2, 0.25) is 5.91 Å². The molecule has 1 saturated heterocycles. The number of rotatable bonds is 3. The molecule has 0 aromatic heterocycles. The van der Waals surface area contributed by atoms with Crippen molar-refractivity contribution >= 4 is 5.91 Å². The zero-order valence-electron chi connectivity index (χ0n) is 5.80. The molecule has 0 aromatic carbocycles. The van der Waals surface area contributed by atoms with Gasteiger partial charge >= 0.3 is 0 Å². The third-order valence-corrected chi connectivity index (χ3v) is 1.37. The van der Waals surface area contributed by atoms with E-state index in [0.717, 1.165) is 6.42 Å². The van der Waals surface area contributed by atoms with E-state index in [0.29, 0.717) is 13.0 Å². The number of nitrogens with one attached hydrogen (secondary N) is 1. The molecule has 3 nitrogen and oxygen atoms in total. The molecule has 0 aliphatic carbocycles. The van der Waals surface area contributed by atoms with Crippen molar-refractivity contribution < 1.29 is 9.53 Å². The molecule has 0 bridgehead atoms. The van der Waals surface area contributed by atoms with Gasteiger partial charge in [0.1, 0.15) is 6.23 Å². The first-order chi connectivity index (χ1) is 4.83. The normalized spacial score (nSPS) is 24.4. The summed E-state index contributed by atoms with van der Waals surface area (Å²) in [6.07, 6.45) is 2.96. The van der Waals surface area contributed by atoms with Crippen molar-refractivity contribution in [3.8, 4) is 0 Å². The van der Waals surface area contributed by atoms with Gasteiger partial charge in [0.05, 0.1) is 6.61 Å². The summed E-state index contributed by atoms with van der Waals surface area (Å²) >= 11 is 0. The molecule has 56 valence electrons. The Kier molecular flexibility index (Phi) is 2.45. The fourth-order valence-corrected chi connectivity index (χ4v) is 0.895. The quantitative estimate of drug-likeness (QED) is 0.578. The Balaban J connectivity index is 2.18. The Bertz CT molecular complexity index is 145. The summed E-state index contributed by atoms with van der Waals surface area (Å²) in [5.41, 5.74) is 0. The molecule has 1 aliphatic rings. The molecule has 0 saturated carbocycles. The minimum atomic E-state index is -0.0782. The maximum absolute atomic E-state index is 10.6. The highest BCUT2D eigenvalue weighted by atomic mass is 16.5. The van der Waals surface area contributed by atoms with Gasteiger partial charge in [0.15, 0.2) is 0 Å². The van der Waals surface area contributed by atoms with Crippen molar-refractivity contribution in [1.29, 1.82) is 0 Å². The van der Waals surface area contributed by atoms with Crippen LogP contribution in [0.3, 0.4) is 0 Å². The number of amides is 1. The zero-order valence-corrected chi connectivity index (χ0v) is 5.80. The first-order valence-electron chi connectivity index (χ1n) is 3.35. The summed E-state index contributed by atoms with van der Waals surface area (Å²) in [5.74, 6) is 0.0778. The first-order valence-corrected chi connectivity index (χ1v) is 3.35. The van der Waals surface area contributed by atoms with Crippen LogP contribution >= 0.6 is 0 Å². The van der Waals surface area contributed by atoms with E-state index in [-0.39, 0.29) is 12.1 Å². The van der Waals surface area contributed by atoms with E-state index in [4.69, 9.17) is 4.74 Å². The number of ether oxygens (including phenoxy) is 1. The van der Waals surface area contributed by atoms with Gasteiger partial charge in [-0.25, -0.2) is 0 Å². The molecule has 1 N–H and O–H groups in total. The van der Waals surface area contributed by atoms with Crippen LogP contribution in [0.25, 0.3) is 0 Å². The number of hydrogen-bond donors (Lipinski definition) is 1. The van der Waals surface area contributed by atoms with Crippen molar-refractivity contribution in [2.75, 3.05) is 6.61 Å². The maximum Gasteiger partial charge on any atom is 0.222 e. The van der Waals surface area contributed by atoms with E-state index < -0.39 is 0 Å². The smallest absolute Gasteiger partial charge is 0.222 e. The highest BCUT2D eigenvalue weighted by Gasteiger charge is 2.19. The maximum atomic E-state index is 10.6. The Labute approximate surface area is 60.1 Å². The van der Waals surface area contributed by atoms with E-state index in [9.17, 15) is 4.79 Å². The standard InChI is InChI=1S/C7H11NO2/c1-2-5-10-7-4-3-6(9)8-7/h2,7H,1,3-5H2,(H,8,9). The first kappa shape index (κ1) is 7.28. The number of carbonyl (C=O) groups is 1. The second-order valence-corrected chi connectivity index (χ2v) is 2.22. The summed E-state index contributed by atoms with van der Waals surface area (Å²) in [6, 6.07) is 0. The summed E-state index contributed by atoms with van der Waals surface area (Å²) in [5, 5.41) is 2.68. The summed E-state index contributed by atoms with van der Waals surface area (Å²) < 4.78 is 5.17. The van der Waals surface area contributed by atoms with E-state index in [1.165, 1.54) is 0 Å². The van der Waals surface area contributed by atoms with Crippen LogP contribution in [0.15, 0.2) is 12.7 Å². The van der Waals surface area contributed by atoms with Crippen LogP contribution in [-0.2, 0) is 9.53 Å². The fraction of sp³-hybridized carbons (Fsp3) is 0.571. The van der Waals surface area contributed by atoms with Gasteiger partial charge in [0.25, 0.3) is 0 Å². The van der Waals surface area contributed by atoms with Crippen molar-refractivity contribution in [2.45, 2.75) is 19.1 Å². The molecule has 0 aromatic rings. The van der Waals surface area contributed by atoms with Crippen LogP contribution in [0.4, 0.5) is 0 Å². The number of hydrogen-bond acceptors (Lipinski definition) is 2. The lowest BCUT2D eigenvalue weighted by Gasteiger charge is -2.08. The van der Waals surface area contributed by atoms with Crippen LogP contribution in [0.2, 0.25) is 0 Å². The molecule has 1 fully saturated rings. The minimum Gasteiger partial charge on any atom is -0.354 e. The molecule has 1 rings (SSSR count). The van der Waals surface area contributed by atoms with Crippen molar-refractivity contribution in [3.05, 3.63) is 12.7 Å². The average Bonchev–Trinajstić information content (AvgIpc) is 2.31. The van der Waals surface area contributed by atoms with Crippen molar-refractivity contribution in [3.63, 3.8) is 0 Å². The van der Waals surface area contributed by atoms with E-state index in [1.54, 1.807) is 6.08 Å². The van der Waals surface area contributed by atoms with Gasteiger partial charge < -0.3 is 10.1 Å². The molecule has 1 amide bonds. The lowest BCUT2D eigenvalue weighted by molar-refractivity contribution is -0.120. The van der Waals surface area contributed by atoms with Crippen LogP contribution in [0.1, 0.15) is 12.8 Å². The fourth-order valence-electron chi connectivity index (χ4n) is 0.895. The average molecular weight is 141 g/mol. The summed E-state index contributed by atoms with van der Waals surface area (Å²) in [7, 11) is 0. The van der Waals surface area contributed by atoms with Crippen LogP contribution < -0.4 is 5.32 Å². The molecular formula is C7H11NO2. The SMILES string of the molecule is C=CCOC1CCC(=O)N1. The van der Waals surface area contributed by atoms with Crippen molar-refractivity contribution in [2.24, 2.45) is 0 Å².